The molecule has 118 valence electrons. The Morgan fingerprint density at radius 2 is 2.00 bits per heavy atom. The lowest BCUT2D eigenvalue weighted by atomic mass is 10.1. The van der Waals surface area contributed by atoms with Crippen LogP contribution in [-0.4, -0.2) is 29.1 Å². The number of rotatable bonds is 6. The van der Waals surface area contributed by atoms with E-state index >= 15 is 0 Å². The lowest BCUT2D eigenvalue weighted by Gasteiger charge is -2.09. The number of hydrogen-bond donors (Lipinski definition) is 2. The summed E-state index contributed by atoms with van der Waals surface area (Å²) >= 11 is 1.56. The van der Waals surface area contributed by atoms with Crippen LogP contribution in [0.25, 0.3) is 11.3 Å². The summed E-state index contributed by atoms with van der Waals surface area (Å²) in [6, 6.07) is 8.19. The van der Waals surface area contributed by atoms with Gasteiger partial charge in [-0.1, -0.05) is 36.8 Å². The molecule has 4 nitrogen and oxygen atoms in total. The smallest absolute Gasteiger partial charge is 0.225 e. The maximum absolute atomic E-state index is 12.1. The van der Waals surface area contributed by atoms with E-state index in [-0.39, 0.29) is 18.4 Å². The fourth-order valence-electron chi connectivity index (χ4n) is 2.09. The summed E-state index contributed by atoms with van der Waals surface area (Å²) in [5.74, 6) is 0.0426. The van der Waals surface area contributed by atoms with Crippen molar-refractivity contribution in [3.05, 3.63) is 39.7 Å². The molecule has 0 fully saturated rings. The number of aliphatic hydroxyl groups is 1. The van der Waals surface area contributed by atoms with Crippen molar-refractivity contribution in [1.29, 1.82) is 0 Å². The Morgan fingerprint density at radius 3 is 2.64 bits per heavy atom. The number of hydrogen-bond acceptors (Lipinski definition) is 4. The van der Waals surface area contributed by atoms with Crippen LogP contribution in [0.15, 0.2) is 24.3 Å². The third-order valence-corrected chi connectivity index (χ3v) is 4.38. The first-order valence-electron chi connectivity index (χ1n) is 7.40. The fourth-order valence-corrected chi connectivity index (χ4v) is 3.04. The predicted molar refractivity (Wildman–Crippen MR) is 90.0 cm³/mol. The minimum absolute atomic E-state index is 0.0303. The average Bonchev–Trinajstić information content (AvgIpc) is 2.86. The summed E-state index contributed by atoms with van der Waals surface area (Å²) in [5.41, 5.74) is 3.14. The lowest BCUT2D eigenvalue weighted by molar-refractivity contribution is -0.120. The first-order valence-corrected chi connectivity index (χ1v) is 8.22. The molecule has 0 saturated heterocycles. The van der Waals surface area contributed by atoms with E-state index < -0.39 is 0 Å². The molecule has 1 heterocycles. The zero-order valence-corrected chi connectivity index (χ0v) is 14.0. The molecule has 0 bridgehead atoms. The molecule has 1 unspecified atom stereocenters. The number of benzene rings is 1. The van der Waals surface area contributed by atoms with Crippen LogP contribution in [0.2, 0.25) is 0 Å². The van der Waals surface area contributed by atoms with E-state index in [0.717, 1.165) is 21.1 Å². The van der Waals surface area contributed by atoms with E-state index in [4.69, 9.17) is 5.11 Å². The van der Waals surface area contributed by atoms with Crippen molar-refractivity contribution in [2.75, 3.05) is 13.2 Å². The van der Waals surface area contributed by atoms with Gasteiger partial charge in [0.2, 0.25) is 5.91 Å². The number of thiazole rings is 1. The lowest BCUT2D eigenvalue weighted by Crippen LogP contribution is -2.30. The van der Waals surface area contributed by atoms with Crippen LogP contribution >= 0.6 is 11.3 Å². The summed E-state index contributed by atoms with van der Waals surface area (Å²) < 4.78 is 0. The summed E-state index contributed by atoms with van der Waals surface area (Å²) in [6.07, 6.45) is 0.326. The van der Waals surface area contributed by atoms with E-state index in [1.807, 2.05) is 32.9 Å². The SMILES string of the molecule is Cc1ccc(-c2nc(C)sc2CC(=O)NCC(C)CO)cc1. The van der Waals surface area contributed by atoms with Gasteiger partial charge in [-0.2, -0.15) is 0 Å². The van der Waals surface area contributed by atoms with Gasteiger partial charge in [-0.05, 0) is 19.8 Å². The second-order valence-electron chi connectivity index (χ2n) is 5.64. The van der Waals surface area contributed by atoms with Gasteiger partial charge < -0.3 is 10.4 Å². The molecule has 2 rings (SSSR count). The molecule has 0 spiro atoms. The van der Waals surface area contributed by atoms with Crippen LogP contribution in [0.5, 0.6) is 0 Å². The van der Waals surface area contributed by atoms with Crippen LogP contribution in [0, 0.1) is 19.8 Å². The van der Waals surface area contributed by atoms with Crippen LogP contribution < -0.4 is 5.32 Å². The number of aromatic nitrogens is 1. The van der Waals surface area contributed by atoms with Crippen molar-refractivity contribution >= 4 is 17.2 Å². The van der Waals surface area contributed by atoms with Gasteiger partial charge in [-0.3, -0.25) is 4.79 Å². The van der Waals surface area contributed by atoms with Gasteiger partial charge in [0, 0.05) is 23.6 Å². The molecule has 22 heavy (non-hydrogen) atoms. The van der Waals surface area contributed by atoms with Gasteiger partial charge in [-0.15, -0.1) is 11.3 Å². The molecular formula is C17H22N2O2S. The van der Waals surface area contributed by atoms with Crippen molar-refractivity contribution in [2.45, 2.75) is 27.2 Å². The standard InChI is InChI=1S/C17H22N2O2S/c1-11-4-6-14(7-5-11)17-15(22-13(3)19-17)8-16(21)18-9-12(2)10-20/h4-7,12,20H,8-10H2,1-3H3,(H,18,21). The number of nitrogens with one attached hydrogen (secondary N) is 1. The van der Waals surface area contributed by atoms with E-state index in [0.29, 0.717) is 13.0 Å². The third kappa shape index (κ3) is 4.39. The maximum atomic E-state index is 12.1. The number of carbonyl (C=O) groups excluding carboxylic acids is 1. The Morgan fingerprint density at radius 1 is 1.32 bits per heavy atom. The zero-order chi connectivity index (χ0) is 16.1. The first-order chi connectivity index (χ1) is 10.5. The molecule has 1 aromatic heterocycles. The summed E-state index contributed by atoms with van der Waals surface area (Å²) in [6.45, 7) is 6.47. The van der Waals surface area contributed by atoms with Gasteiger partial charge in [0.25, 0.3) is 0 Å². The molecule has 1 aromatic carbocycles. The van der Waals surface area contributed by atoms with E-state index in [1.165, 1.54) is 5.56 Å². The summed E-state index contributed by atoms with van der Waals surface area (Å²) in [5, 5.41) is 12.8. The van der Waals surface area contributed by atoms with Crippen LogP contribution in [-0.2, 0) is 11.2 Å². The molecule has 1 amide bonds. The van der Waals surface area contributed by atoms with E-state index in [9.17, 15) is 4.79 Å². The Kier molecular flexibility index (Phi) is 5.69. The molecule has 0 saturated carbocycles. The molecule has 2 N–H and O–H groups in total. The van der Waals surface area contributed by atoms with Crippen LogP contribution in [0.3, 0.4) is 0 Å². The molecule has 0 aliphatic heterocycles. The normalized spacial score (nSPS) is 12.2. The number of aliphatic hydroxyl groups excluding tert-OH is 1. The number of carbonyl (C=O) groups is 1. The largest absolute Gasteiger partial charge is 0.396 e. The minimum Gasteiger partial charge on any atom is -0.396 e. The summed E-state index contributed by atoms with van der Waals surface area (Å²) in [7, 11) is 0. The summed E-state index contributed by atoms with van der Waals surface area (Å²) in [4.78, 5) is 17.6. The zero-order valence-electron chi connectivity index (χ0n) is 13.2. The van der Waals surface area contributed by atoms with E-state index in [2.05, 4.69) is 22.4 Å². The Bertz CT molecular complexity index is 635. The Balaban J connectivity index is 2.11. The molecule has 0 aliphatic carbocycles. The van der Waals surface area contributed by atoms with Gasteiger partial charge in [0.1, 0.15) is 0 Å². The Hall–Kier alpha value is -1.72. The van der Waals surface area contributed by atoms with Crippen molar-refractivity contribution in [3.8, 4) is 11.3 Å². The highest BCUT2D eigenvalue weighted by Crippen LogP contribution is 2.28. The van der Waals surface area contributed by atoms with Gasteiger partial charge in [0.05, 0.1) is 17.1 Å². The second-order valence-corrected chi connectivity index (χ2v) is 6.93. The number of amides is 1. The number of nitrogens with zero attached hydrogens (tertiary/aromatic N) is 1. The van der Waals surface area contributed by atoms with E-state index in [1.54, 1.807) is 11.3 Å². The molecule has 2 aromatic rings. The Labute approximate surface area is 135 Å². The first kappa shape index (κ1) is 16.6. The maximum Gasteiger partial charge on any atom is 0.225 e. The van der Waals surface area contributed by atoms with Gasteiger partial charge in [0.15, 0.2) is 0 Å². The second kappa shape index (κ2) is 7.51. The highest BCUT2D eigenvalue weighted by Gasteiger charge is 2.15. The minimum atomic E-state index is -0.0303. The quantitative estimate of drug-likeness (QED) is 0.861. The predicted octanol–water partition coefficient (Wildman–Crippen LogP) is 2.71. The monoisotopic (exact) mass is 318 g/mol. The van der Waals surface area contributed by atoms with Crippen LogP contribution in [0.1, 0.15) is 22.4 Å². The topological polar surface area (TPSA) is 62.2 Å². The highest BCUT2D eigenvalue weighted by atomic mass is 32.1. The van der Waals surface area contributed by atoms with Crippen molar-refractivity contribution in [2.24, 2.45) is 5.92 Å². The van der Waals surface area contributed by atoms with Gasteiger partial charge in [-0.25, -0.2) is 4.98 Å². The number of aryl methyl sites for hydroxylation is 2. The van der Waals surface area contributed by atoms with Crippen molar-refractivity contribution < 1.29 is 9.90 Å². The van der Waals surface area contributed by atoms with Gasteiger partial charge >= 0.3 is 0 Å². The average molecular weight is 318 g/mol. The van der Waals surface area contributed by atoms with Crippen molar-refractivity contribution in [1.82, 2.24) is 10.3 Å². The molecule has 5 heteroatoms. The van der Waals surface area contributed by atoms with Crippen molar-refractivity contribution in [3.63, 3.8) is 0 Å². The van der Waals surface area contributed by atoms with Crippen LogP contribution in [0.4, 0.5) is 0 Å². The molecule has 1 atom stereocenters. The highest BCUT2D eigenvalue weighted by molar-refractivity contribution is 7.12. The third-order valence-electron chi connectivity index (χ3n) is 3.41. The molecular weight excluding hydrogens is 296 g/mol. The fraction of sp³-hybridized carbons (Fsp3) is 0.412. The molecule has 0 aliphatic rings. The molecule has 0 radical (unpaired) electrons.